The largest absolute Gasteiger partial charge is 0.598 e. The first-order chi connectivity index (χ1) is 15.7. The van der Waals surface area contributed by atoms with E-state index in [4.69, 9.17) is 32.7 Å². The number of carbonyl (C=O) groups excluding carboxylic acids is 1. The summed E-state index contributed by atoms with van der Waals surface area (Å²) in [6.45, 7) is 16.6. The average Bonchev–Trinajstić information content (AvgIpc) is 2.71. The highest BCUT2D eigenvalue weighted by Crippen LogP contribution is 2.53. The fourth-order valence-electron chi connectivity index (χ4n) is 4.65. The molecule has 1 N–H and O–H groups in total. The summed E-state index contributed by atoms with van der Waals surface area (Å²) in [5.74, 6) is 1.23. The number of hydrogen-bond donors (Lipinski definition) is 1. The lowest BCUT2D eigenvalue weighted by atomic mass is 9.58. The highest BCUT2D eigenvalue weighted by atomic mass is 35.5. The zero-order valence-corrected chi connectivity index (χ0v) is 23.1. The zero-order chi connectivity index (χ0) is 25.4. The highest BCUT2D eigenvalue weighted by Gasteiger charge is 2.53. The molecule has 2 fully saturated rings. The molecule has 0 spiro atoms. The monoisotopic (exact) mass is 530 g/mol. The number of piperidine rings is 2. The van der Waals surface area contributed by atoms with Crippen LogP contribution in [-0.2, 0) is 16.1 Å². The van der Waals surface area contributed by atoms with Crippen molar-refractivity contribution in [2.24, 2.45) is 17.8 Å². The van der Waals surface area contributed by atoms with Crippen LogP contribution in [0.5, 0.6) is 5.75 Å². The Kier molecular flexibility index (Phi) is 8.46. The fourth-order valence-corrected chi connectivity index (χ4v) is 5.84. The third kappa shape index (κ3) is 6.35. The second-order valence-corrected chi connectivity index (χ2v) is 13.9. The number of hydrogen-bond acceptors (Lipinski definition) is 5. The van der Waals surface area contributed by atoms with Crippen LogP contribution in [0.2, 0.25) is 10.0 Å². The van der Waals surface area contributed by atoms with Crippen LogP contribution < -0.4 is 9.46 Å². The van der Waals surface area contributed by atoms with Gasteiger partial charge in [0.15, 0.2) is 0 Å². The number of ether oxygens (including phenoxy) is 2. The number of halogens is 2. The van der Waals surface area contributed by atoms with E-state index in [1.165, 1.54) is 0 Å². The number of nitrogens with zero attached hydrogens (tertiary/aromatic N) is 1. The van der Waals surface area contributed by atoms with Crippen molar-refractivity contribution in [3.63, 3.8) is 0 Å². The quantitative estimate of drug-likeness (QED) is 0.337. The summed E-state index contributed by atoms with van der Waals surface area (Å²) >= 11 is 11.4. The van der Waals surface area contributed by atoms with Gasteiger partial charge >= 0.3 is 6.09 Å². The standard InChI is InChI=1S/C25H36Cl2N2O4S/c1-8-9-32-20-12-19(27)18(26)11-17(20)22(28-34(31)25(5,6)7)21-15-10-16(21)14-29(13-15)23(30)33-24(2,3)4/h8,11-12,15-16,21-22,28H,1,9-10,13-14H2,2-7H3. The van der Waals surface area contributed by atoms with E-state index in [0.717, 1.165) is 12.0 Å². The van der Waals surface area contributed by atoms with Gasteiger partial charge in [-0.2, -0.15) is 0 Å². The van der Waals surface area contributed by atoms with Crippen LogP contribution in [0.1, 0.15) is 59.6 Å². The Labute approximate surface area is 216 Å². The summed E-state index contributed by atoms with van der Waals surface area (Å²) < 4.78 is 27.7. The van der Waals surface area contributed by atoms with Crippen LogP contribution in [0.25, 0.3) is 0 Å². The molecule has 6 nitrogen and oxygen atoms in total. The molecular weight excluding hydrogens is 495 g/mol. The fraction of sp³-hybridized carbons (Fsp3) is 0.640. The summed E-state index contributed by atoms with van der Waals surface area (Å²) in [6, 6.07) is 3.23. The Morgan fingerprint density at radius 3 is 2.35 bits per heavy atom. The Bertz CT molecular complexity index is 903. The van der Waals surface area contributed by atoms with Gasteiger partial charge in [-0.05, 0) is 71.8 Å². The maximum Gasteiger partial charge on any atom is 0.410 e. The second kappa shape index (κ2) is 10.5. The van der Waals surface area contributed by atoms with Gasteiger partial charge in [0.2, 0.25) is 0 Å². The number of rotatable bonds is 7. The van der Waals surface area contributed by atoms with E-state index in [1.54, 1.807) is 23.1 Å². The molecule has 0 radical (unpaired) electrons. The zero-order valence-electron chi connectivity index (χ0n) is 20.8. The lowest BCUT2D eigenvalue weighted by Crippen LogP contribution is -2.61. The highest BCUT2D eigenvalue weighted by molar-refractivity contribution is 7.90. The van der Waals surface area contributed by atoms with Gasteiger partial charge in [-0.1, -0.05) is 35.9 Å². The summed E-state index contributed by atoms with van der Waals surface area (Å²) in [5.41, 5.74) is 0.280. The van der Waals surface area contributed by atoms with Crippen molar-refractivity contribution in [3.05, 3.63) is 40.4 Å². The van der Waals surface area contributed by atoms with Gasteiger partial charge < -0.3 is 18.9 Å². The molecule has 1 heterocycles. The molecule has 1 aromatic carbocycles. The second-order valence-electron chi connectivity index (χ2n) is 11.1. The predicted octanol–water partition coefficient (Wildman–Crippen LogP) is 6.15. The molecule has 1 saturated carbocycles. The molecule has 0 aromatic heterocycles. The van der Waals surface area contributed by atoms with E-state index >= 15 is 0 Å². The van der Waals surface area contributed by atoms with Crippen LogP contribution in [0.4, 0.5) is 4.79 Å². The third-order valence-corrected chi connectivity index (χ3v) is 8.48. The number of benzene rings is 1. The first-order valence-electron chi connectivity index (χ1n) is 11.6. The van der Waals surface area contributed by atoms with Crippen LogP contribution in [0.15, 0.2) is 24.8 Å². The van der Waals surface area contributed by atoms with E-state index in [-0.39, 0.29) is 29.9 Å². The normalized spacial score (nSPS) is 24.1. The van der Waals surface area contributed by atoms with Crippen LogP contribution in [0, 0.1) is 17.8 Å². The lowest BCUT2D eigenvalue weighted by Gasteiger charge is -2.56. The lowest BCUT2D eigenvalue weighted by molar-refractivity contribution is -0.0659. The number of likely N-dealkylation sites (tertiary alicyclic amines) is 1. The minimum Gasteiger partial charge on any atom is -0.598 e. The number of fused-ring (bicyclic) bond motifs is 2. The van der Waals surface area contributed by atoms with Crippen molar-refractivity contribution in [3.8, 4) is 5.75 Å². The van der Waals surface area contributed by atoms with E-state index < -0.39 is 21.7 Å². The minimum atomic E-state index is -1.33. The van der Waals surface area contributed by atoms with E-state index in [2.05, 4.69) is 11.3 Å². The summed E-state index contributed by atoms with van der Waals surface area (Å²) in [5, 5.41) is 0.806. The summed E-state index contributed by atoms with van der Waals surface area (Å²) in [6.07, 6.45) is 2.39. The molecule has 34 heavy (non-hydrogen) atoms. The Morgan fingerprint density at radius 2 is 1.82 bits per heavy atom. The van der Waals surface area contributed by atoms with Gasteiger partial charge in [-0.25, -0.2) is 4.79 Å². The molecule has 4 unspecified atom stereocenters. The topological polar surface area (TPSA) is 73.9 Å². The van der Waals surface area contributed by atoms with Gasteiger partial charge in [0.1, 0.15) is 22.7 Å². The Hall–Kier alpha value is -1.12. The molecule has 9 heteroatoms. The molecule has 1 aliphatic heterocycles. The maximum absolute atomic E-state index is 13.2. The maximum atomic E-state index is 13.2. The van der Waals surface area contributed by atoms with Gasteiger partial charge in [0, 0.05) is 36.1 Å². The van der Waals surface area contributed by atoms with Gasteiger partial charge in [-0.3, -0.25) is 0 Å². The molecule has 1 amide bonds. The SMILES string of the molecule is C=CCOc1cc(Cl)c(Cl)cc1C(N[S+]([O-])C(C)(C)C)C1C2CC1CN(C(=O)OC(C)(C)C)C2. The molecule has 1 aromatic rings. The van der Waals surface area contributed by atoms with Crippen LogP contribution in [0.3, 0.4) is 0 Å². The van der Waals surface area contributed by atoms with Crippen LogP contribution >= 0.6 is 23.2 Å². The van der Waals surface area contributed by atoms with Crippen molar-refractivity contribution < 1.29 is 18.8 Å². The first-order valence-corrected chi connectivity index (χ1v) is 13.5. The first kappa shape index (κ1) is 27.5. The minimum absolute atomic E-state index is 0.160. The Morgan fingerprint density at radius 1 is 1.24 bits per heavy atom. The van der Waals surface area contributed by atoms with Crippen molar-refractivity contribution in [1.29, 1.82) is 0 Å². The van der Waals surface area contributed by atoms with E-state index in [9.17, 15) is 9.35 Å². The Balaban J connectivity index is 1.92. The molecule has 1 saturated heterocycles. The number of carbonyl (C=O) groups is 1. The molecule has 4 atom stereocenters. The average molecular weight is 532 g/mol. The molecule has 190 valence electrons. The smallest absolute Gasteiger partial charge is 0.410 e. The van der Waals surface area contributed by atoms with Crippen molar-refractivity contribution >= 4 is 40.7 Å². The predicted molar refractivity (Wildman–Crippen MR) is 139 cm³/mol. The molecule has 3 rings (SSSR count). The number of amides is 1. The summed E-state index contributed by atoms with van der Waals surface area (Å²) in [4.78, 5) is 14.5. The van der Waals surface area contributed by atoms with Crippen molar-refractivity contribution in [2.75, 3.05) is 19.7 Å². The van der Waals surface area contributed by atoms with E-state index in [1.807, 2.05) is 41.5 Å². The van der Waals surface area contributed by atoms with Crippen molar-refractivity contribution in [1.82, 2.24) is 9.62 Å². The molecule has 2 bridgehead atoms. The summed E-state index contributed by atoms with van der Waals surface area (Å²) in [7, 11) is 0. The van der Waals surface area contributed by atoms with E-state index in [0.29, 0.717) is 35.5 Å². The van der Waals surface area contributed by atoms with Crippen molar-refractivity contribution in [2.45, 2.75) is 64.4 Å². The molecule has 2 aliphatic rings. The van der Waals surface area contributed by atoms with Crippen LogP contribution in [-0.4, -0.2) is 45.6 Å². The third-order valence-electron chi connectivity index (χ3n) is 6.18. The van der Waals surface area contributed by atoms with Gasteiger partial charge in [-0.15, -0.1) is 4.72 Å². The molecule has 1 aliphatic carbocycles. The molecular formula is C25H36Cl2N2O4S. The number of nitrogens with one attached hydrogen (secondary N) is 1. The van der Waals surface area contributed by atoms with Gasteiger partial charge in [0.05, 0.1) is 16.1 Å². The van der Waals surface area contributed by atoms with Gasteiger partial charge in [0.25, 0.3) is 0 Å².